The van der Waals surface area contributed by atoms with Crippen molar-refractivity contribution in [2.45, 2.75) is 45.1 Å². The average Bonchev–Trinajstić information content (AvgIpc) is 3.24. The number of alkyl carbamates (subject to hydrolysis) is 1. The second-order valence-electron chi connectivity index (χ2n) is 6.92. The van der Waals surface area contributed by atoms with Crippen molar-refractivity contribution in [3.05, 3.63) is 41.0 Å². The first-order chi connectivity index (χ1) is 11.3. The zero-order valence-corrected chi connectivity index (χ0v) is 14.8. The zero-order valence-electron chi connectivity index (χ0n) is 14.0. The molecule has 1 aliphatic carbocycles. The van der Waals surface area contributed by atoms with Gasteiger partial charge in [-0.15, -0.1) is 11.3 Å². The summed E-state index contributed by atoms with van der Waals surface area (Å²) in [5.41, 5.74) is 0.656. The molecule has 2 aromatic rings. The first-order valence-electron chi connectivity index (χ1n) is 7.94. The summed E-state index contributed by atoms with van der Waals surface area (Å²) in [4.78, 5) is 29.5. The zero-order chi connectivity index (χ0) is 17.3. The highest BCUT2D eigenvalue weighted by molar-refractivity contribution is 7.15. The van der Waals surface area contributed by atoms with Crippen LogP contribution in [0.4, 0.5) is 4.79 Å². The molecule has 6 heteroatoms. The van der Waals surface area contributed by atoms with E-state index in [-0.39, 0.29) is 5.69 Å². The van der Waals surface area contributed by atoms with Gasteiger partial charge in [0.1, 0.15) is 0 Å². The summed E-state index contributed by atoms with van der Waals surface area (Å²) in [6.45, 7) is 5.46. The van der Waals surface area contributed by atoms with Gasteiger partial charge in [-0.25, -0.2) is 14.6 Å². The number of esters is 1. The lowest BCUT2D eigenvalue weighted by molar-refractivity contribution is 0.0607. The molecule has 126 valence electrons. The van der Waals surface area contributed by atoms with E-state index < -0.39 is 17.6 Å². The molecule has 3 rings (SSSR count). The van der Waals surface area contributed by atoms with Crippen LogP contribution < -0.4 is 5.32 Å². The Morgan fingerprint density at radius 1 is 1.21 bits per heavy atom. The van der Waals surface area contributed by atoms with Crippen LogP contribution in [-0.4, -0.2) is 22.6 Å². The molecule has 0 saturated heterocycles. The predicted molar refractivity (Wildman–Crippen MR) is 93.2 cm³/mol. The summed E-state index contributed by atoms with van der Waals surface area (Å²) in [6.07, 6.45) is 1.44. The molecule has 0 unspecified atom stereocenters. The van der Waals surface area contributed by atoms with Crippen LogP contribution in [0.5, 0.6) is 0 Å². The van der Waals surface area contributed by atoms with Gasteiger partial charge in [-0.05, 0) is 39.2 Å². The lowest BCUT2D eigenvalue weighted by Gasteiger charge is -2.19. The number of carbonyl (C=O) groups is 2. The lowest BCUT2D eigenvalue weighted by atomic mass is 10.1. The maximum atomic E-state index is 12.5. The Hall–Kier alpha value is -2.21. The number of amides is 1. The minimum absolute atomic E-state index is 0.220. The number of nitrogens with one attached hydrogen (secondary N) is 1. The molecule has 0 radical (unpaired) electrons. The first kappa shape index (κ1) is 16.6. The van der Waals surface area contributed by atoms with Gasteiger partial charge < -0.3 is 10.1 Å². The molecular weight excluding hydrogens is 324 g/mol. The number of rotatable bonds is 3. The number of carbonyl (C=O) groups excluding carboxylic acids is 2. The minimum atomic E-state index is -0.757. The number of nitrogens with zero attached hydrogens (tertiary/aromatic N) is 1. The molecule has 5 nitrogen and oxygen atoms in total. The van der Waals surface area contributed by atoms with Gasteiger partial charge in [0.05, 0.1) is 9.88 Å². The fraction of sp³-hybridized carbons (Fsp3) is 0.389. The largest absolute Gasteiger partial charge is 0.415 e. The van der Waals surface area contributed by atoms with E-state index in [1.54, 1.807) is 0 Å². The van der Waals surface area contributed by atoms with Gasteiger partial charge in [0.15, 0.2) is 5.69 Å². The van der Waals surface area contributed by atoms with Crippen molar-refractivity contribution in [2.24, 2.45) is 0 Å². The molecule has 0 bridgehead atoms. The molecule has 1 amide bonds. The van der Waals surface area contributed by atoms with E-state index in [0.717, 1.165) is 28.3 Å². The summed E-state index contributed by atoms with van der Waals surface area (Å²) in [5.74, 6) is -0.277. The van der Waals surface area contributed by atoms with Gasteiger partial charge in [0.2, 0.25) is 0 Å². The fourth-order valence-electron chi connectivity index (χ4n) is 2.23. The molecular formula is C18H20N2O3S. The van der Waals surface area contributed by atoms with Gasteiger partial charge in [-0.3, -0.25) is 0 Å². The van der Waals surface area contributed by atoms with Crippen molar-refractivity contribution in [1.82, 2.24) is 10.3 Å². The fourth-order valence-corrected chi connectivity index (χ4v) is 3.46. The average molecular weight is 344 g/mol. The van der Waals surface area contributed by atoms with E-state index in [1.807, 2.05) is 51.1 Å². The maximum absolute atomic E-state index is 12.5. The summed E-state index contributed by atoms with van der Waals surface area (Å²) < 4.78 is 4.94. The van der Waals surface area contributed by atoms with Crippen LogP contribution in [0.2, 0.25) is 0 Å². The van der Waals surface area contributed by atoms with Gasteiger partial charge in [-0.2, -0.15) is 0 Å². The van der Waals surface area contributed by atoms with Crippen molar-refractivity contribution >= 4 is 23.4 Å². The molecule has 1 aromatic heterocycles. The van der Waals surface area contributed by atoms with Gasteiger partial charge in [-0.1, -0.05) is 30.3 Å². The monoisotopic (exact) mass is 344 g/mol. The van der Waals surface area contributed by atoms with Crippen LogP contribution in [0, 0.1) is 0 Å². The Morgan fingerprint density at radius 2 is 1.88 bits per heavy atom. The van der Waals surface area contributed by atoms with E-state index in [1.165, 1.54) is 11.3 Å². The van der Waals surface area contributed by atoms with Crippen LogP contribution in [0.25, 0.3) is 10.4 Å². The summed E-state index contributed by atoms with van der Waals surface area (Å²) >= 11 is 1.51. The summed E-state index contributed by atoms with van der Waals surface area (Å²) in [6, 6.07) is 9.59. The number of hydrogen-bond donors (Lipinski definition) is 1. The molecule has 1 N–H and O–H groups in total. The van der Waals surface area contributed by atoms with Crippen LogP contribution in [0.1, 0.15) is 55.0 Å². The number of benzene rings is 1. The highest BCUT2D eigenvalue weighted by atomic mass is 32.1. The minimum Gasteiger partial charge on any atom is -0.371 e. The Balaban J connectivity index is 1.86. The molecule has 24 heavy (non-hydrogen) atoms. The van der Waals surface area contributed by atoms with E-state index in [9.17, 15) is 9.59 Å². The number of hydrogen-bond acceptors (Lipinski definition) is 5. The molecule has 1 heterocycles. The Labute approximate surface area is 145 Å². The van der Waals surface area contributed by atoms with Crippen molar-refractivity contribution < 1.29 is 14.3 Å². The van der Waals surface area contributed by atoms with E-state index in [4.69, 9.17) is 4.74 Å². The Bertz CT molecular complexity index is 758. The third-order valence-corrected chi connectivity index (χ3v) is 4.73. The van der Waals surface area contributed by atoms with Crippen LogP contribution >= 0.6 is 11.3 Å². The van der Waals surface area contributed by atoms with Crippen molar-refractivity contribution in [3.63, 3.8) is 0 Å². The number of thiazole rings is 1. The smallest absolute Gasteiger partial charge is 0.371 e. The SMILES string of the molecule is CC(C)(C)NC(=O)OC(=O)c1nc(C2CC2)sc1-c1ccccc1. The summed E-state index contributed by atoms with van der Waals surface area (Å²) in [5, 5.41) is 3.56. The van der Waals surface area contributed by atoms with Crippen LogP contribution in [0.15, 0.2) is 30.3 Å². The first-order valence-corrected chi connectivity index (χ1v) is 8.75. The van der Waals surface area contributed by atoms with Crippen molar-refractivity contribution in [1.29, 1.82) is 0 Å². The molecule has 0 aliphatic heterocycles. The van der Waals surface area contributed by atoms with Gasteiger partial charge in [0.25, 0.3) is 0 Å². The Morgan fingerprint density at radius 3 is 2.46 bits per heavy atom. The van der Waals surface area contributed by atoms with Gasteiger partial charge in [0, 0.05) is 11.5 Å². The molecule has 1 fully saturated rings. The number of aromatic nitrogens is 1. The maximum Gasteiger partial charge on any atom is 0.415 e. The van der Waals surface area contributed by atoms with E-state index >= 15 is 0 Å². The highest BCUT2D eigenvalue weighted by Gasteiger charge is 2.31. The standard InChI is InChI=1S/C18H20N2O3S/c1-18(2,3)20-17(22)23-16(21)13-14(11-7-5-4-6-8-11)24-15(19-13)12-9-10-12/h4-8,12H,9-10H2,1-3H3,(H,20,22). The molecule has 1 aromatic carbocycles. The quantitative estimate of drug-likeness (QED) is 0.664. The second kappa shape index (κ2) is 6.36. The van der Waals surface area contributed by atoms with Crippen molar-refractivity contribution in [3.8, 4) is 10.4 Å². The topological polar surface area (TPSA) is 68.3 Å². The Kier molecular flexibility index (Phi) is 4.41. The highest BCUT2D eigenvalue weighted by Crippen LogP contribution is 2.44. The third-order valence-electron chi connectivity index (χ3n) is 3.46. The molecule has 1 aliphatic rings. The second-order valence-corrected chi connectivity index (χ2v) is 7.95. The van der Waals surface area contributed by atoms with Crippen LogP contribution in [0.3, 0.4) is 0 Å². The molecule has 0 atom stereocenters. The lowest BCUT2D eigenvalue weighted by Crippen LogP contribution is -2.41. The van der Waals surface area contributed by atoms with Gasteiger partial charge >= 0.3 is 12.1 Å². The summed E-state index contributed by atoms with van der Waals surface area (Å²) in [7, 11) is 0. The van der Waals surface area contributed by atoms with Crippen LogP contribution in [-0.2, 0) is 4.74 Å². The molecule has 0 spiro atoms. The number of ether oxygens (including phenoxy) is 1. The molecule has 1 saturated carbocycles. The van der Waals surface area contributed by atoms with E-state index in [2.05, 4.69) is 10.3 Å². The third kappa shape index (κ3) is 4.00. The van der Waals surface area contributed by atoms with Crippen molar-refractivity contribution in [2.75, 3.05) is 0 Å². The predicted octanol–water partition coefficient (Wildman–Crippen LogP) is 4.35. The van der Waals surface area contributed by atoms with E-state index in [0.29, 0.717) is 5.92 Å². The normalized spacial score (nSPS) is 14.3.